The summed E-state index contributed by atoms with van der Waals surface area (Å²) >= 11 is 1.27. The fourth-order valence-corrected chi connectivity index (χ4v) is 3.86. The second-order valence-corrected chi connectivity index (χ2v) is 6.86. The van der Waals surface area contributed by atoms with Gasteiger partial charge in [0.25, 0.3) is 0 Å². The van der Waals surface area contributed by atoms with Crippen molar-refractivity contribution in [3.63, 3.8) is 0 Å². The molecule has 0 saturated heterocycles. The van der Waals surface area contributed by atoms with Crippen LogP contribution in [0.2, 0.25) is 0 Å². The van der Waals surface area contributed by atoms with Crippen LogP contribution in [0.5, 0.6) is 0 Å². The molecule has 1 aromatic carbocycles. The Balaban J connectivity index is 2.09. The SMILES string of the molecule is CCOC(=O)C(=O)C[C@H](C1=C(O)c2ccccc2C(=O)C1=O)c1cccs1. The summed E-state index contributed by atoms with van der Waals surface area (Å²) in [6.07, 6.45) is -0.375. The second-order valence-electron chi connectivity index (χ2n) is 5.88. The number of aliphatic hydroxyl groups excluding tert-OH is 1. The maximum atomic E-state index is 12.7. The molecular weight excluding hydrogens is 368 g/mol. The molecule has 1 aliphatic rings. The molecule has 0 fully saturated rings. The Morgan fingerprint density at radius 1 is 1.07 bits per heavy atom. The number of ketones is 3. The van der Waals surface area contributed by atoms with Crippen LogP contribution >= 0.6 is 11.3 Å². The third kappa shape index (κ3) is 3.46. The quantitative estimate of drug-likeness (QED) is 0.607. The number of esters is 1. The second kappa shape index (κ2) is 7.67. The molecule has 1 atom stereocenters. The van der Waals surface area contributed by atoms with E-state index in [1.54, 1.807) is 36.6 Å². The monoisotopic (exact) mass is 384 g/mol. The minimum absolute atomic E-state index is 0.0486. The lowest BCUT2D eigenvalue weighted by Gasteiger charge is -2.23. The summed E-state index contributed by atoms with van der Waals surface area (Å²) in [5, 5.41) is 12.5. The Hall–Kier alpha value is -3.06. The number of hydrogen-bond acceptors (Lipinski definition) is 7. The summed E-state index contributed by atoms with van der Waals surface area (Å²) < 4.78 is 4.72. The van der Waals surface area contributed by atoms with Gasteiger partial charge < -0.3 is 9.84 Å². The average molecular weight is 384 g/mol. The van der Waals surface area contributed by atoms with Crippen LogP contribution in [0.1, 0.15) is 40.1 Å². The largest absolute Gasteiger partial charge is 0.507 e. The lowest BCUT2D eigenvalue weighted by molar-refractivity contribution is -0.153. The molecule has 2 aromatic rings. The van der Waals surface area contributed by atoms with Gasteiger partial charge in [0.15, 0.2) is 0 Å². The Kier molecular flexibility index (Phi) is 5.32. The van der Waals surface area contributed by atoms with Gasteiger partial charge in [0.05, 0.1) is 12.2 Å². The van der Waals surface area contributed by atoms with Crippen molar-refractivity contribution in [3.05, 3.63) is 63.4 Å². The molecule has 7 heteroatoms. The number of rotatable bonds is 6. The number of aliphatic hydroxyl groups is 1. The number of ether oxygens (including phenoxy) is 1. The topological polar surface area (TPSA) is 97.7 Å². The fourth-order valence-electron chi connectivity index (χ4n) is 3.02. The number of thiophene rings is 1. The van der Waals surface area contributed by atoms with E-state index in [1.807, 2.05) is 0 Å². The van der Waals surface area contributed by atoms with Gasteiger partial charge in [-0.3, -0.25) is 14.4 Å². The van der Waals surface area contributed by atoms with E-state index in [-0.39, 0.29) is 35.5 Å². The van der Waals surface area contributed by atoms with Crippen LogP contribution in [0.3, 0.4) is 0 Å². The van der Waals surface area contributed by atoms with E-state index < -0.39 is 29.2 Å². The minimum Gasteiger partial charge on any atom is -0.507 e. The van der Waals surface area contributed by atoms with Crippen molar-refractivity contribution in [1.29, 1.82) is 0 Å². The van der Waals surface area contributed by atoms with Crippen molar-refractivity contribution in [2.45, 2.75) is 19.3 Å². The minimum atomic E-state index is -1.01. The number of allylic oxidation sites excluding steroid dienone is 1. The fraction of sp³-hybridized carbons (Fsp3) is 0.200. The normalized spacial score (nSPS) is 14.7. The molecule has 138 valence electrons. The van der Waals surface area contributed by atoms with Crippen LogP contribution in [-0.2, 0) is 19.1 Å². The summed E-state index contributed by atoms with van der Waals surface area (Å²) in [6, 6.07) is 9.65. The molecule has 0 unspecified atom stereocenters. The maximum absolute atomic E-state index is 12.7. The zero-order valence-electron chi connectivity index (χ0n) is 14.4. The molecule has 1 N–H and O–H groups in total. The first-order chi connectivity index (χ1) is 13.0. The highest BCUT2D eigenvalue weighted by Gasteiger charge is 2.39. The summed E-state index contributed by atoms with van der Waals surface area (Å²) in [5.74, 6) is -4.70. The highest BCUT2D eigenvalue weighted by molar-refractivity contribution is 7.10. The van der Waals surface area contributed by atoms with Gasteiger partial charge in [-0.1, -0.05) is 30.3 Å². The van der Waals surface area contributed by atoms with E-state index in [0.29, 0.717) is 4.88 Å². The van der Waals surface area contributed by atoms with Gasteiger partial charge >= 0.3 is 5.97 Å². The van der Waals surface area contributed by atoms with Gasteiger partial charge in [-0.25, -0.2) is 4.79 Å². The van der Waals surface area contributed by atoms with Crippen molar-refractivity contribution >= 4 is 40.4 Å². The van der Waals surface area contributed by atoms with Gasteiger partial charge in [-0.2, -0.15) is 0 Å². The summed E-state index contributed by atoms with van der Waals surface area (Å²) in [6.45, 7) is 1.63. The zero-order valence-corrected chi connectivity index (χ0v) is 15.2. The van der Waals surface area contributed by atoms with E-state index in [2.05, 4.69) is 0 Å². The number of carbonyl (C=O) groups excluding carboxylic acids is 4. The average Bonchev–Trinajstić information content (AvgIpc) is 3.20. The highest BCUT2D eigenvalue weighted by Crippen LogP contribution is 2.39. The third-order valence-corrected chi connectivity index (χ3v) is 5.25. The number of carbonyl (C=O) groups is 4. The standard InChI is InChI=1S/C20H16O6S/c1-2-26-20(25)14(21)10-13(15-8-5-9-27-15)16-17(22)11-6-3-4-7-12(11)18(23)19(16)24/h3-9,13,22H,2,10H2,1H3/t13-/m0/s1. The molecular formula is C20H16O6S. The molecule has 27 heavy (non-hydrogen) atoms. The van der Waals surface area contributed by atoms with Crippen LogP contribution < -0.4 is 0 Å². The molecule has 1 heterocycles. The van der Waals surface area contributed by atoms with Crippen molar-refractivity contribution < 1.29 is 29.0 Å². The first-order valence-electron chi connectivity index (χ1n) is 8.30. The Bertz CT molecular complexity index is 955. The Labute approximate surface area is 159 Å². The van der Waals surface area contributed by atoms with Crippen molar-refractivity contribution in [2.24, 2.45) is 0 Å². The molecule has 0 amide bonds. The molecule has 0 bridgehead atoms. The Morgan fingerprint density at radius 2 is 1.78 bits per heavy atom. The van der Waals surface area contributed by atoms with Crippen molar-refractivity contribution in [3.8, 4) is 0 Å². The van der Waals surface area contributed by atoms with Gasteiger partial charge in [0, 0.05) is 28.3 Å². The van der Waals surface area contributed by atoms with Gasteiger partial charge in [0.1, 0.15) is 5.76 Å². The van der Waals surface area contributed by atoms with Crippen molar-refractivity contribution in [1.82, 2.24) is 0 Å². The predicted octanol–water partition coefficient (Wildman–Crippen LogP) is 3.09. The van der Waals surface area contributed by atoms with E-state index in [0.717, 1.165) is 0 Å². The molecule has 6 nitrogen and oxygen atoms in total. The number of hydrogen-bond donors (Lipinski definition) is 1. The van der Waals surface area contributed by atoms with Gasteiger partial charge in [-0.15, -0.1) is 11.3 Å². The van der Waals surface area contributed by atoms with Crippen LogP contribution in [-0.4, -0.2) is 35.0 Å². The molecule has 1 aliphatic carbocycles. The molecule has 3 rings (SSSR count). The van der Waals surface area contributed by atoms with E-state index in [1.165, 1.54) is 23.5 Å². The van der Waals surface area contributed by atoms with Gasteiger partial charge in [-0.05, 0) is 18.4 Å². The Morgan fingerprint density at radius 3 is 2.41 bits per heavy atom. The third-order valence-electron chi connectivity index (χ3n) is 4.26. The lowest BCUT2D eigenvalue weighted by atomic mass is 9.80. The van der Waals surface area contributed by atoms with E-state index in [4.69, 9.17) is 4.74 Å². The lowest BCUT2D eigenvalue weighted by Crippen LogP contribution is -2.29. The van der Waals surface area contributed by atoms with E-state index >= 15 is 0 Å². The predicted molar refractivity (Wildman–Crippen MR) is 98.6 cm³/mol. The molecule has 0 spiro atoms. The number of Topliss-reactive ketones (excluding diaryl/α,β-unsaturated/α-hetero) is 3. The van der Waals surface area contributed by atoms with E-state index in [9.17, 15) is 24.3 Å². The first kappa shape index (κ1) is 18.7. The number of fused-ring (bicyclic) bond motifs is 1. The van der Waals surface area contributed by atoms with Crippen LogP contribution in [0.15, 0.2) is 47.4 Å². The van der Waals surface area contributed by atoms with Crippen LogP contribution in [0, 0.1) is 0 Å². The molecule has 1 aromatic heterocycles. The molecule has 0 aliphatic heterocycles. The summed E-state index contributed by atoms with van der Waals surface area (Å²) in [5.41, 5.74) is 0.187. The maximum Gasteiger partial charge on any atom is 0.374 e. The number of benzene rings is 1. The van der Waals surface area contributed by atoms with Crippen LogP contribution in [0.4, 0.5) is 0 Å². The van der Waals surface area contributed by atoms with Crippen molar-refractivity contribution in [2.75, 3.05) is 6.61 Å². The first-order valence-corrected chi connectivity index (χ1v) is 9.18. The summed E-state index contributed by atoms with van der Waals surface area (Å²) in [7, 11) is 0. The summed E-state index contributed by atoms with van der Waals surface area (Å²) in [4.78, 5) is 49.8. The molecule has 0 saturated carbocycles. The van der Waals surface area contributed by atoms with Crippen LogP contribution in [0.25, 0.3) is 5.76 Å². The highest BCUT2D eigenvalue weighted by atomic mass is 32.1. The zero-order chi connectivity index (χ0) is 19.6. The smallest absolute Gasteiger partial charge is 0.374 e. The molecule has 0 radical (unpaired) electrons. The van der Waals surface area contributed by atoms with Gasteiger partial charge in [0.2, 0.25) is 17.3 Å².